The van der Waals surface area contributed by atoms with Crippen molar-refractivity contribution in [2.24, 2.45) is 0 Å². The van der Waals surface area contributed by atoms with Gasteiger partial charge in [0, 0.05) is 24.4 Å². The molecule has 0 saturated carbocycles. The number of aliphatic hydroxyl groups excluding tert-OH is 1. The second-order valence-corrected chi connectivity index (χ2v) is 4.30. The summed E-state index contributed by atoms with van der Waals surface area (Å²) in [6.07, 6.45) is 0.809. The average molecular weight is 290 g/mol. The van der Waals surface area contributed by atoms with Crippen molar-refractivity contribution in [3.05, 3.63) is 52.2 Å². The molecule has 7 heteroatoms. The molecule has 0 radical (unpaired) electrons. The minimum Gasteiger partial charge on any atom is -0.497 e. The van der Waals surface area contributed by atoms with Crippen molar-refractivity contribution < 1.29 is 19.5 Å². The Hall–Kier alpha value is -2.67. The third-order valence-electron chi connectivity index (χ3n) is 2.82. The third-order valence-corrected chi connectivity index (χ3v) is 2.82. The fourth-order valence-electron chi connectivity index (χ4n) is 1.67. The maximum atomic E-state index is 11.0. The Balaban J connectivity index is 2.31. The summed E-state index contributed by atoms with van der Waals surface area (Å²) in [7, 11) is 1.46. The van der Waals surface area contributed by atoms with Gasteiger partial charge in [-0.15, -0.1) is 0 Å². The molecule has 2 rings (SSSR count). The number of pyridine rings is 1. The Bertz CT molecular complexity index is 640. The van der Waals surface area contributed by atoms with E-state index in [9.17, 15) is 15.2 Å². The highest BCUT2D eigenvalue weighted by atomic mass is 16.6. The van der Waals surface area contributed by atoms with E-state index < -0.39 is 11.0 Å². The Kier molecular flexibility index (Phi) is 4.34. The average Bonchev–Trinajstić information content (AvgIpc) is 2.47. The van der Waals surface area contributed by atoms with Crippen LogP contribution in [0.2, 0.25) is 0 Å². The Labute approximate surface area is 120 Å². The molecule has 1 atom stereocenters. The zero-order valence-corrected chi connectivity index (χ0v) is 11.5. The van der Waals surface area contributed by atoms with Crippen LogP contribution in [0.25, 0.3) is 0 Å². The van der Waals surface area contributed by atoms with Gasteiger partial charge >= 0.3 is 5.69 Å². The first-order valence-corrected chi connectivity index (χ1v) is 6.15. The van der Waals surface area contributed by atoms with Crippen molar-refractivity contribution in [2.45, 2.75) is 13.0 Å². The molecule has 0 aliphatic heterocycles. The van der Waals surface area contributed by atoms with Gasteiger partial charge in [0.2, 0.25) is 11.6 Å². The molecule has 2 aromatic rings. The predicted octanol–water partition coefficient (Wildman–Crippen LogP) is 2.84. The van der Waals surface area contributed by atoms with Crippen LogP contribution in [0, 0.1) is 10.1 Å². The zero-order valence-electron chi connectivity index (χ0n) is 11.5. The standard InChI is InChI=1S/C14H14N2O5/c1-9(17)10-3-6-14(15-8-10)21-13-7-11(20-2)4-5-12(13)16(18)19/h3-9,17H,1-2H3. The first-order valence-electron chi connectivity index (χ1n) is 6.15. The van der Waals surface area contributed by atoms with Crippen LogP contribution >= 0.6 is 0 Å². The summed E-state index contributed by atoms with van der Waals surface area (Å²) >= 11 is 0. The van der Waals surface area contributed by atoms with Gasteiger partial charge in [-0.25, -0.2) is 4.98 Å². The van der Waals surface area contributed by atoms with Crippen LogP contribution in [0.4, 0.5) is 5.69 Å². The second kappa shape index (κ2) is 6.19. The molecule has 0 saturated heterocycles. The van der Waals surface area contributed by atoms with Crippen LogP contribution in [-0.4, -0.2) is 22.1 Å². The first kappa shape index (κ1) is 14.7. The number of aliphatic hydroxyl groups is 1. The molecule has 0 spiro atoms. The van der Waals surface area contributed by atoms with E-state index in [2.05, 4.69) is 4.98 Å². The molecule has 21 heavy (non-hydrogen) atoms. The van der Waals surface area contributed by atoms with E-state index in [-0.39, 0.29) is 17.3 Å². The van der Waals surface area contributed by atoms with Crippen molar-refractivity contribution in [1.82, 2.24) is 4.98 Å². The monoisotopic (exact) mass is 290 g/mol. The number of nitro benzene ring substituents is 1. The number of rotatable bonds is 5. The van der Waals surface area contributed by atoms with Gasteiger partial charge in [0.05, 0.1) is 18.1 Å². The van der Waals surface area contributed by atoms with Crippen LogP contribution in [0.5, 0.6) is 17.4 Å². The van der Waals surface area contributed by atoms with Crippen molar-refractivity contribution in [1.29, 1.82) is 0 Å². The van der Waals surface area contributed by atoms with Gasteiger partial charge in [-0.2, -0.15) is 0 Å². The molecule has 7 nitrogen and oxygen atoms in total. The molecule has 0 amide bonds. The van der Waals surface area contributed by atoms with E-state index >= 15 is 0 Å². The molecule has 1 N–H and O–H groups in total. The molecular formula is C14H14N2O5. The van der Waals surface area contributed by atoms with E-state index in [0.717, 1.165) is 0 Å². The highest BCUT2D eigenvalue weighted by molar-refractivity contribution is 5.51. The minimum atomic E-state index is -0.641. The van der Waals surface area contributed by atoms with E-state index in [4.69, 9.17) is 9.47 Å². The lowest BCUT2D eigenvalue weighted by molar-refractivity contribution is -0.385. The summed E-state index contributed by atoms with van der Waals surface area (Å²) in [5, 5.41) is 20.4. The molecule has 0 bridgehead atoms. The van der Waals surface area contributed by atoms with Gasteiger partial charge in [0.25, 0.3) is 0 Å². The molecule has 1 aromatic carbocycles. The van der Waals surface area contributed by atoms with E-state index in [1.165, 1.54) is 37.6 Å². The van der Waals surface area contributed by atoms with Gasteiger partial charge in [-0.05, 0) is 24.6 Å². The van der Waals surface area contributed by atoms with Crippen molar-refractivity contribution in [2.75, 3.05) is 7.11 Å². The number of aromatic nitrogens is 1. The number of nitro groups is 1. The van der Waals surface area contributed by atoms with Gasteiger partial charge in [-0.3, -0.25) is 10.1 Å². The van der Waals surface area contributed by atoms with Gasteiger partial charge in [0.15, 0.2) is 0 Å². The number of nitrogens with zero attached hydrogens (tertiary/aromatic N) is 2. The van der Waals surface area contributed by atoms with Crippen LogP contribution in [0.3, 0.4) is 0 Å². The predicted molar refractivity (Wildman–Crippen MR) is 74.6 cm³/mol. The molecule has 1 aromatic heterocycles. The molecular weight excluding hydrogens is 276 g/mol. The molecule has 0 fully saturated rings. The summed E-state index contributed by atoms with van der Waals surface area (Å²) in [4.78, 5) is 14.4. The van der Waals surface area contributed by atoms with Crippen molar-refractivity contribution in [3.8, 4) is 17.4 Å². The number of methoxy groups -OCH3 is 1. The fourth-order valence-corrected chi connectivity index (χ4v) is 1.67. The van der Waals surface area contributed by atoms with E-state index in [0.29, 0.717) is 11.3 Å². The summed E-state index contributed by atoms with van der Waals surface area (Å²) in [5.41, 5.74) is 0.444. The van der Waals surface area contributed by atoms with Crippen LogP contribution < -0.4 is 9.47 Å². The number of benzene rings is 1. The SMILES string of the molecule is COc1ccc([N+](=O)[O-])c(Oc2ccc(C(C)O)cn2)c1. The molecule has 110 valence electrons. The Morgan fingerprint density at radius 3 is 2.62 bits per heavy atom. The smallest absolute Gasteiger partial charge is 0.311 e. The molecule has 1 unspecified atom stereocenters. The van der Waals surface area contributed by atoms with E-state index in [1.54, 1.807) is 13.0 Å². The third kappa shape index (κ3) is 3.46. The fraction of sp³-hybridized carbons (Fsp3) is 0.214. The van der Waals surface area contributed by atoms with Crippen molar-refractivity contribution in [3.63, 3.8) is 0 Å². The largest absolute Gasteiger partial charge is 0.497 e. The Morgan fingerprint density at radius 1 is 1.33 bits per heavy atom. The lowest BCUT2D eigenvalue weighted by Gasteiger charge is -2.08. The highest BCUT2D eigenvalue weighted by Crippen LogP contribution is 2.34. The zero-order chi connectivity index (χ0) is 15.4. The molecule has 1 heterocycles. The summed E-state index contributed by atoms with van der Waals surface area (Å²) in [6, 6.07) is 7.37. The number of hydrogen-bond acceptors (Lipinski definition) is 6. The highest BCUT2D eigenvalue weighted by Gasteiger charge is 2.17. The molecule has 0 aliphatic rings. The van der Waals surface area contributed by atoms with Crippen LogP contribution in [0.15, 0.2) is 36.5 Å². The second-order valence-electron chi connectivity index (χ2n) is 4.30. The van der Waals surface area contributed by atoms with Gasteiger partial charge in [0.1, 0.15) is 5.75 Å². The normalized spacial score (nSPS) is 11.8. The van der Waals surface area contributed by atoms with Gasteiger partial charge in [-0.1, -0.05) is 0 Å². The maximum absolute atomic E-state index is 11.0. The van der Waals surface area contributed by atoms with E-state index in [1.807, 2.05) is 0 Å². The lowest BCUT2D eigenvalue weighted by atomic mass is 10.2. The number of ether oxygens (including phenoxy) is 2. The topological polar surface area (TPSA) is 94.7 Å². The summed E-state index contributed by atoms with van der Waals surface area (Å²) < 4.78 is 10.5. The maximum Gasteiger partial charge on any atom is 0.311 e. The first-order chi connectivity index (χ1) is 10.0. The Morgan fingerprint density at radius 2 is 2.10 bits per heavy atom. The summed E-state index contributed by atoms with van der Waals surface area (Å²) in [5.74, 6) is 0.670. The van der Waals surface area contributed by atoms with Crippen LogP contribution in [0.1, 0.15) is 18.6 Å². The number of hydrogen-bond donors (Lipinski definition) is 1. The van der Waals surface area contributed by atoms with Gasteiger partial charge < -0.3 is 14.6 Å². The quantitative estimate of drug-likeness (QED) is 0.672. The molecule has 0 aliphatic carbocycles. The lowest BCUT2D eigenvalue weighted by Crippen LogP contribution is -1.97. The summed E-state index contributed by atoms with van der Waals surface area (Å²) in [6.45, 7) is 1.62. The minimum absolute atomic E-state index is 0.0386. The van der Waals surface area contributed by atoms with Crippen LogP contribution in [-0.2, 0) is 0 Å². The van der Waals surface area contributed by atoms with Crippen molar-refractivity contribution >= 4 is 5.69 Å².